The molecule has 0 unspecified atom stereocenters. The van der Waals surface area contributed by atoms with Crippen LogP contribution in [-0.4, -0.2) is 49.4 Å². The first-order valence-electron chi connectivity index (χ1n) is 7.11. The number of quaternary nitrogens is 1. The number of hydrogen-bond acceptors (Lipinski definition) is 2. The van der Waals surface area contributed by atoms with Gasteiger partial charge in [-0.2, -0.15) is 0 Å². The second-order valence-electron chi connectivity index (χ2n) is 5.39. The third-order valence-corrected chi connectivity index (χ3v) is 4.28. The molecule has 0 radical (unpaired) electrons. The fourth-order valence-corrected chi connectivity index (χ4v) is 2.65. The van der Waals surface area contributed by atoms with Crippen molar-refractivity contribution in [2.24, 2.45) is 0 Å². The van der Waals surface area contributed by atoms with Gasteiger partial charge in [-0.3, -0.25) is 9.59 Å². The predicted octanol–water partition coefficient (Wildman–Crippen LogP) is 0.334. The van der Waals surface area contributed by atoms with Crippen LogP contribution in [0.1, 0.15) is 12.5 Å². The molecule has 6 heteroatoms. The maximum absolute atomic E-state index is 12.1. The first-order valence-corrected chi connectivity index (χ1v) is 7.49. The molecule has 0 bridgehead atoms. The molecule has 1 heterocycles. The summed E-state index contributed by atoms with van der Waals surface area (Å²) in [4.78, 5) is 26.4. The maximum atomic E-state index is 12.1. The summed E-state index contributed by atoms with van der Waals surface area (Å²) in [6.45, 7) is 6.93. The average Bonchev–Trinajstić information content (AvgIpc) is 2.44. The lowest BCUT2D eigenvalue weighted by molar-refractivity contribution is -0.895. The molecule has 5 nitrogen and oxygen atoms in total. The van der Waals surface area contributed by atoms with E-state index >= 15 is 0 Å². The van der Waals surface area contributed by atoms with Crippen LogP contribution in [0.15, 0.2) is 18.2 Å². The second-order valence-corrected chi connectivity index (χ2v) is 5.80. The van der Waals surface area contributed by atoms with Gasteiger partial charge in [0.1, 0.15) is 0 Å². The molecule has 1 aliphatic heterocycles. The Labute approximate surface area is 129 Å². The normalized spacial score (nSPS) is 15.9. The molecule has 0 spiro atoms. The van der Waals surface area contributed by atoms with Crippen molar-refractivity contribution in [3.05, 3.63) is 28.8 Å². The third kappa shape index (κ3) is 4.19. The summed E-state index contributed by atoms with van der Waals surface area (Å²) in [5.74, 6) is 0.0831. The highest BCUT2D eigenvalue weighted by molar-refractivity contribution is 6.31. The van der Waals surface area contributed by atoms with Gasteiger partial charge in [-0.1, -0.05) is 17.7 Å². The lowest BCUT2D eigenvalue weighted by Crippen LogP contribution is -3.15. The number of carbonyl (C=O) groups is 2. The van der Waals surface area contributed by atoms with E-state index in [1.807, 2.05) is 24.0 Å². The van der Waals surface area contributed by atoms with Crippen LogP contribution in [0.25, 0.3) is 0 Å². The van der Waals surface area contributed by atoms with Crippen molar-refractivity contribution in [1.29, 1.82) is 0 Å². The minimum atomic E-state index is -0.0216. The van der Waals surface area contributed by atoms with Crippen molar-refractivity contribution in [3.63, 3.8) is 0 Å². The zero-order chi connectivity index (χ0) is 15.4. The van der Waals surface area contributed by atoms with E-state index in [-0.39, 0.29) is 11.8 Å². The van der Waals surface area contributed by atoms with Crippen LogP contribution in [0.3, 0.4) is 0 Å². The topological polar surface area (TPSA) is 53.9 Å². The molecule has 0 aromatic heterocycles. The van der Waals surface area contributed by atoms with Crippen LogP contribution < -0.4 is 10.2 Å². The summed E-state index contributed by atoms with van der Waals surface area (Å²) < 4.78 is 0. The van der Waals surface area contributed by atoms with E-state index in [4.69, 9.17) is 11.6 Å². The summed E-state index contributed by atoms with van der Waals surface area (Å²) in [5.41, 5.74) is 1.64. The van der Waals surface area contributed by atoms with Crippen molar-refractivity contribution >= 4 is 29.1 Å². The largest absolute Gasteiger partial charge is 0.332 e. The SMILES string of the molecule is CC(=O)N1CC[NH+](CC(=O)Nc2cccc(Cl)c2C)CC1. The number of piperazine rings is 1. The van der Waals surface area contributed by atoms with Crippen molar-refractivity contribution in [2.75, 3.05) is 38.0 Å². The van der Waals surface area contributed by atoms with Gasteiger partial charge in [0, 0.05) is 17.6 Å². The molecule has 0 aliphatic carbocycles. The second kappa shape index (κ2) is 6.91. The van der Waals surface area contributed by atoms with Crippen molar-refractivity contribution in [3.8, 4) is 0 Å². The molecule has 1 aromatic carbocycles. The minimum absolute atomic E-state index is 0.0216. The standard InChI is InChI=1S/C15H20ClN3O2/c1-11-13(16)4-3-5-14(11)17-15(21)10-18-6-8-19(9-7-18)12(2)20/h3-5H,6-10H2,1-2H3,(H,17,21)/p+1. The smallest absolute Gasteiger partial charge is 0.279 e. The van der Waals surface area contributed by atoms with E-state index in [1.54, 1.807) is 13.0 Å². The lowest BCUT2D eigenvalue weighted by Gasteiger charge is -2.31. The van der Waals surface area contributed by atoms with E-state index in [0.717, 1.165) is 24.3 Å². The number of nitrogens with zero attached hydrogens (tertiary/aromatic N) is 1. The molecule has 114 valence electrons. The van der Waals surface area contributed by atoms with Crippen molar-refractivity contribution in [1.82, 2.24) is 4.90 Å². The van der Waals surface area contributed by atoms with Crippen LogP contribution in [-0.2, 0) is 9.59 Å². The first kappa shape index (κ1) is 15.8. The van der Waals surface area contributed by atoms with Gasteiger partial charge in [0.05, 0.1) is 26.2 Å². The number of rotatable bonds is 3. The highest BCUT2D eigenvalue weighted by atomic mass is 35.5. The van der Waals surface area contributed by atoms with Gasteiger partial charge in [-0.15, -0.1) is 0 Å². The molecule has 1 saturated heterocycles. The number of anilines is 1. The Bertz CT molecular complexity index is 540. The zero-order valence-corrected chi connectivity index (χ0v) is 13.2. The van der Waals surface area contributed by atoms with Crippen LogP contribution in [0.5, 0.6) is 0 Å². The van der Waals surface area contributed by atoms with Gasteiger partial charge in [0.25, 0.3) is 5.91 Å². The summed E-state index contributed by atoms with van der Waals surface area (Å²) in [5, 5.41) is 3.56. The average molecular weight is 311 g/mol. The number of nitrogens with one attached hydrogen (secondary N) is 2. The Morgan fingerprint density at radius 1 is 1.33 bits per heavy atom. The third-order valence-electron chi connectivity index (χ3n) is 3.87. The van der Waals surface area contributed by atoms with E-state index in [0.29, 0.717) is 24.7 Å². The van der Waals surface area contributed by atoms with Crippen molar-refractivity contribution in [2.45, 2.75) is 13.8 Å². The Morgan fingerprint density at radius 2 is 2.00 bits per heavy atom. The summed E-state index contributed by atoms with van der Waals surface area (Å²) in [6.07, 6.45) is 0. The predicted molar refractivity (Wildman–Crippen MR) is 82.6 cm³/mol. The molecule has 1 fully saturated rings. The fraction of sp³-hybridized carbons (Fsp3) is 0.467. The Morgan fingerprint density at radius 3 is 2.62 bits per heavy atom. The number of benzene rings is 1. The molecule has 1 aliphatic rings. The monoisotopic (exact) mass is 310 g/mol. The molecule has 2 N–H and O–H groups in total. The van der Waals surface area contributed by atoms with Gasteiger partial charge in [-0.25, -0.2) is 0 Å². The van der Waals surface area contributed by atoms with Gasteiger partial charge in [0.2, 0.25) is 5.91 Å². The maximum Gasteiger partial charge on any atom is 0.279 e. The van der Waals surface area contributed by atoms with E-state index < -0.39 is 0 Å². The van der Waals surface area contributed by atoms with Crippen LogP contribution in [0, 0.1) is 6.92 Å². The van der Waals surface area contributed by atoms with Crippen LogP contribution in [0.4, 0.5) is 5.69 Å². The fourth-order valence-electron chi connectivity index (χ4n) is 2.48. The lowest BCUT2D eigenvalue weighted by atomic mass is 10.2. The number of hydrogen-bond donors (Lipinski definition) is 2. The highest BCUT2D eigenvalue weighted by Crippen LogP contribution is 2.22. The van der Waals surface area contributed by atoms with Gasteiger partial charge in [-0.05, 0) is 24.6 Å². The Hall–Kier alpha value is -1.59. The Balaban J connectivity index is 1.86. The molecule has 2 amide bonds. The van der Waals surface area contributed by atoms with Crippen LogP contribution >= 0.6 is 11.6 Å². The number of amides is 2. The minimum Gasteiger partial charge on any atom is -0.332 e. The molecular formula is C15H21ClN3O2+. The molecule has 0 atom stereocenters. The summed E-state index contributed by atoms with van der Waals surface area (Å²) in [7, 11) is 0. The van der Waals surface area contributed by atoms with E-state index in [9.17, 15) is 9.59 Å². The summed E-state index contributed by atoms with van der Waals surface area (Å²) in [6, 6.07) is 5.48. The van der Waals surface area contributed by atoms with Gasteiger partial charge >= 0.3 is 0 Å². The van der Waals surface area contributed by atoms with E-state index in [2.05, 4.69) is 5.32 Å². The zero-order valence-electron chi connectivity index (χ0n) is 12.4. The molecule has 0 saturated carbocycles. The first-order chi connectivity index (χ1) is 9.97. The molecular weight excluding hydrogens is 290 g/mol. The van der Waals surface area contributed by atoms with Gasteiger partial charge in [0.15, 0.2) is 6.54 Å². The molecule has 2 rings (SSSR count). The molecule has 1 aromatic rings. The Kier molecular flexibility index (Phi) is 5.20. The number of halogens is 1. The van der Waals surface area contributed by atoms with Gasteiger partial charge < -0.3 is 15.1 Å². The van der Waals surface area contributed by atoms with Crippen LogP contribution in [0.2, 0.25) is 5.02 Å². The summed E-state index contributed by atoms with van der Waals surface area (Å²) >= 11 is 6.04. The molecule has 21 heavy (non-hydrogen) atoms. The van der Waals surface area contributed by atoms with Crippen molar-refractivity contribution < 1.29 is 14.5 Å². The quantitative estimate of drug-likeness (QED) is 0.845. The number of carbonyl (C=O) groups excluding carboxylic acids is 2. The highest BCUT2D eigenvalue weighted by Gasteiger charge is 2.23. The van der Waals surface area contributed by atoms with E-state index in [1.165, 1.54) is 4.90 Å².